The standard InChI is InChI=1S/C15H17F2NOS/c1-10(14-7-4-8-20-14)18(2)9-13(19)15-11(16)5-3-6-12(15)17/h3-8,10,13,19H,9H2,1-2H3. The van der Waals surface area contributed by atoms with E-state index in [-0.39, 0.29) is 18.2 Å². The molecule has 0 bridgehead atoms. The minimum atomic E-state index is -1.19. The SMILES string of the molecule is CC(c1cccs1)N(C)CC(O)c1c(F)cccc1F. The zero-order valence-corrected chi connectivity index (χ0v) is 12.2. The second-order valence-electron chi connectivity index (χ2n) is 4.78. The van der Waals surface area contributed by atoms with Crippen molar-refractivity contribution < 1.29 is 13.9 Å². The Morgan fingerprint density at radius 2 is 1.85 bits per heavy atom. The number of aliphatic hydroxyl groups excluding tert-OH is 1. The number of benzene rings is 1. The molecule has 1 aromatic carbocycles. The van der Waals surface area contributed by atoms with Crippen molar-refractivity contribution in [3.63, 3.8) is 0 Å². The summed E-state index contributed by atoms with van der Waals surface area (Å²) in [6.45, 7) is 2.16. The highest BCUT2D eigenvalue weighted by molar-refractivity contribution is 7.10. The summed E-state index contributed by atoms with van der Waals surface area (Å²) in [5.41, 5.74) is -0.266. The molecule has 0 saturated heterocycles. The average Bonchev–Trinajstić information content (AvgIpc) is 2.91. The summed E-state index contributed by atoms with van der Waals surface area (Å²) in [4.78, 5) is 3.02. The minimum absolute atomic E-state index is 0.0829. The van der Waals surface area contributed by atoms with Crippen molar-refractivity contribution in [3.05, 3.63) is 57.8 Å². The molecule has 1 heterocycles. The molecule has 2 aromatic rings. The molecule has 2 nitrogen and oxygen atoms in total. The molecule has 1 aromatic heterocycles. The number of nitrogens with zero attached hydrogens (tertiary/aromatic N) is 1. The molecular weight excluding hydrogens is 280 g/mol. The predicted octanol–water partition coefficient (Wildman–Crippen LogP) is 3.75. The van der Waals surface area contributed by atoms with Crippen LogP contribution in [0.15, 0.2) is 35.7 Å². The molecule has 0 saturated carbocycles. The van der Waals surface area contributed by atoms with Crippen LogP contribution in [0.25, 0.3) is 0 Å². The van der Waals surface area contributed by atoms with Gasteiger partial charge in [-0.15, -0.1) is 11.3 Å². The largest absolute Gasteiger partial charge is 0.387 e. The molecule has 2 rings (SSSR count). The van der Waals surface area contributed by atoms with E-state index in [1.165, 1.54) is 6.07 Å². The molecule has 108 valence electrons. The minimum Gasteiger partial charge on any atom is -0.387 e. The Morgan fingerprint density at radius 3 is 2.40 bits per heavy atom. The van der Waals surface area contributed by atoms with Crippen LogP contribution in [0.1, 0.15) is 29.5 Å². The van der Waals surface area contributed by atoms with Crippen LogP contribution in [0.5, 0.6) is 0 Å². The van der Waals surface area contributed by atoms with E-state index in [9.17, 15) is 13.9 Å². The molecule has 2 unspecified atom stereocenters. The normalized spacial score (nSPS) is 14.5. The van der Waals surface area contributed by atoms with E-state index in [0.717, 1.165) is 17.0 Å². The first-order chi connectivity index (χ1) is 9.50. The molecule has 0 aliphatic rings. The molecule has 1 N–H and O–H groups in total. The van der Waals surface area contributed by atoms with E-state index >= 15 is 0 Å². The van der Waals surface area contributed by atoms with Gasteiger partial charge >= 0.3 is 0 Å². The van der Waals surface area contributed by atoms with Gasteiger partial charge in [-0.3, -0.25) is 4.90 Å². The van der Waals surface area contributed by atoms with Crippen molar-refractivity contribution in [1.82, 2.24) is 4.90 Å². The van der Waals surface area contributed by atoms with Crippen molar-refractivity contribution in [1.29, 1.82) is 0 Å². The van der Waals surface area contributed by atoms with Gasteiger partial charge in [-0.05, 0) is 37.6 Å². The molecule has 5 heteroatoms. The number of hydrogen-bond acceptors (Lipinski definition) is 3. The number of rotatable bonds is 5. The third kappa shape index (κ3) is 3.23. The summed E-state index contributed by atoms with van der Waals surface area (Å²) in [7, 11) is 1.83. The molecule has 20 heavy (non-hydrogen) atoms. The van der Waals surface area contributed by atoms with Gasteiger partial charge in [-0.2, -0.15) is 0 Å². The van der Waals surface area contributed by atoms with Crippen LogP contribution in [0, 0.1) is 11.6 Å². The van der Waals surface area contributed by atoms with Gasteiger partial charge in [-0.25, -0.2) is 8.78 Å². The van der Waals surface area contributed by atoms with Gasteiger partial charge in [0.15, 0.2) is 0 Å². The van der Waals surface area contributed by atoms with E-state index in [0.29, 0.717) is 0 Å². The summed E-state index contributed by atoms with van der Waals surface area (Å²) in [6, 6.07) is 7.65. The van der Waals surface area contributed by atoms with E-state index in [1.807, 2.05) is 36.4 Å². The summed E-state index contributed by atoms with van der Waals surface area (Å²) >= 11 is 1.62. The van der Waals surface area contributed by atoms with Crippen LogP contribution in [0.3, 0.4) is 0 Å². The summed E-state index contributed by atoms with van der Waals surface area (Å²) < 4.78 is 27.2. The number of hydrogen-bond donors (Lipinski definition) is 1. The molecule has 2 atom stereocenters. The quantitative estimate of drug-likeness (QED) is 0.908. The first-order valence-corrected chi connectivity index (χ1v) is 7.24. The highest BCUT2D eigenvalue weighted by atomic mass is 32.1. The zero-order chi connectivity index (χ0) is 14.7. The smallest absolute Gasteiger partial charge is 0.131 e. The summed E-state index contributed by atoms with van der Waals surface area (Å²) in [6.07, 6.45) is -1.19. The monoisotopic (exact) mass is 297 g/mol. The van der Waals surface area contributed by atoms with Crippen molar-refractivity contribution in [3.8, 4) is 0 Å². The third-order valence-electron chi connectivity index (χ3n) is 3.41. The lowest BCUT2D eigenvalue weighted by Crippen LogP contribution is -2.28. The number of likely N-dealkylation sites (N-methyl/N-ethyl adjacent to an activating group) is 1. The van der Waals surface area contributed by atoms with Gasteiger partial charge in [0.2, 0.25) is 0 Å². The van der Waals surface area contributed by atoms with Crippen LogP contribution in [0.2, 0.25) is 0 Å². The van der Waals surface area contributed by atoms with E-state index in [4.69, 9.17) is 0 Å². The van der Waals surface area contributed by atoms with E-state index in [2.05, 4.69) is 0 Å². The molecule has 0 fully saturated rings. The number of thiophene rings is 1. The van der Waals surface area contributed by atoms with Gasteiger partial charge in [0.25, 0.3) is 0 Å². The molecule has 0 aliphatic heterocycles. The zero-order valence-electron chi connectivity index (χ0n) is 11.4. The first kappa shape index (κ1) is 15.1. The Kier molecular flexibility index (Phi) is 4.86. The lowest BCUT2D eigenvalue weighted by molar-refractivity contribution is 0.103. The van der Waals surface area contributed by atoms with Crippen molar-refractivity contribution >= 4 is 11.3 Å². The molecule has 0 aliphatic carbocycles. The summed E-state index contributed by atoms with van der Waals surface area (Å²) in [5, 5.41) is 12.1. The first-order valence-electron chi connectivity index (χ1n) is 6.36. The Morgan fingerprint density at radius 1 is 1.20 bits per heavy atom. The Labute approximate surface area is 121 Å². The Balaban J connectivity index is 2.09. The van der Waals surface area contributed by atoms with Crippen molar-refractivity contribution in [2.75, 3.05) is 13.6 Å². The fraction of sp³-hybridized carbons (Fsp3) is 0.333. The maximum Gasteiger partial charge on any atom is 0.131 e. The molecule has 0 amide bonds. The summed E-state index contributed by atoms with van der Waals surface area (Å²) in [5.74, 6) is -1.43. The second kappa shape index (κ2) is 6.43. The van der Waals surface area contributed by atoms with Crippen LogP contribution < -0.4 is 0 Å². The van der Waals surface area contributed by atoms with Crippen LogP contribution in [-0.2, 0) is 0 Å². The Hall–Kier alpha value is -1.30. The molecule has 0 radical (unpaired) electrons. The van der Waals surface area contributed by atoms with Crippen LogP contribution in [-0.4, -0.2) is 23.6 Å². The van der Waals surface area contributed by atoms with Gasteiger partial charge < -0.3 is 5.11 Å². The second-order valence-corrected chi connectivity index (χ2v) is 5.76. The van der Waals surface area contributed by atoms with E-state index < -0.39 is 17.7 Å². The maximum absolute atomic E-state index is 13.6. The van der Waals surface area contributed by atoms with Crippen LogP contribution in [0.4, 0.5) is 8.78 Å². The fourth-order valence-corrected chi connectivity index (χ4v) is 2.95. The van der Waals surface area contributed by atoms with Crippen molar-refractivity contribution in [2.24, 2.45) is 0 Å². The maximum atomic E-state index is 13.6. The highest BCUT2D eigenvalue weighted by Gasteiger charge is 2.22. The van der Waals surface area contributed by atoms with Crippen molar-refractivity contribution in [2.45, 2.75) is 19.1 Å². The van der Waals surface area contributed by atoms with Gasteiger partial charge in [0.05, 0.1) is 11.7 Å². The van der Waals surface area contributed by atoms with Crippen LogP contribution >= 0.6 is 11.3 Å². The number of halogens is 2. The third-order valence-corrected chi connectivity index (χ3v) is 4.45. The predicted molar refractivity (Wildman–Crippen MR) is 76.7 cm³/mol. The highest BCUT2D eigenvalue weighted by Crippen LogP contribution is 2.27. The lowest BCUT2D eigenvalue weighted by atomic mass is 10.1. The number of aliphatic hydroxyl groups is 1. The fourth-order valence-electron chi connectivity index (χ4n) is 2.10. The molecular formula is C15H17F2NOS. The topological polar surface area (TPSA) is 23.5 Å². The van der Waals surface area contributed by atoms with Gasteiger partial charge in [0.1, 0.15) is 11.6 Å². The van der Waals surface area contributed by atoms with Gasteiger partial charge in [0, 0.05) is 17.5 Å². The Bertz CT molecular complexity index is 539. The van der Waals surface area contributed by atoms with Gasteiger partial charge in [-0.1, -0.05) is 12.1 Å². The average molecular weight is 297 g/mol. The molecule has 0 spiro atoms. The lowest BCUT2D eigenvalue weighted by Gasteiger charge is -2.26. The van der Waals surface area contributed by atoms with E-state index in [1.54, 1.807) is 11.3 Å².